The first kappa shape index (κ1) is 16.4. The summed E-state index contributed by atoms with van der Waals surface area (Å²) in [5.41, 5.74) is 0.940. The van der Waals surface area contributed by atoms with Crippen LogP contribution in [0.1, 0.15) is 19.4 Å². The number of nitrogens with one attached hydrogen (secondary N) is 2. The quantitative estimate of drug-likeness (QED) is 0.825. The number of benzene rings is 1. The Balaban J connectivity index is 1.89. The average Bonchev–Trinajstić information content (AvgIpc) is 2.46. The van der Waals surface area contributed by atoms with Crippen molar-refractivity contribution in [2.75, 3.05) is 17.2 Å². The zero-order valence-electron chi connectivity index (χ0n) is 12.6. The van der Waals surface area contributed by atoms with E-state index in [2.05, 4.69) is 50.6 Å². The Hall–Kier alpha value is -1.95. The van der Waals surface area contributed by atoms with Crippen LogP contribution in [-0.2, 0) is 11.2 Å². The van der Waals surface area contributed by atoms with Gasteiger partial charge >= 0.3 is 0 Å². The highest BCUT2D eigenvalue weighted by molar-refractivity contribution is 9.10. The van der Waals surface area contributed by atoms with E-state index >= 15 is 0 Å². The van der Waals surface area contributed by atoms with Crippen LogP contribution in [0.4, 0.5) is 11.6 Å². The van der Waals surface area contributed by atoms with Crippen molar-refractivity contribution in [1.82, 2.24) is 10.2 Å². The van der Waals surface area contributed by atoms with Gasteiger partial charge in [0.25, 0.3) is 0 Å². The molecule has 0 aliphatic rings. The number of anilines is 2. The molecule has 22 heavy (non-hydrogen) atoms. The molecule has 2 N–H and O–H groups in total. The fourth-order valence-electron chi connectivity index (χ4n) is 1.82. The lowest BCUT2D eigenvalue weighted by molar-refractivity contribution is -0.115. The largest absolute Gasteiger partial charge is 0.368 e. The lowest BCUT2D eigenvalue weighted by Gasteiger charge is -2.08. The molecule has 2 rings (SSSR count). The number of rotatable bonds is 6. The van der Waals surface area contributed by atoms with Gasteiger partial charge in [-0.15, -0.1) is 10.2 Å². The molecule has 0 saturated carbocycles. The first-order chi connectivity index (χ1) is 10.5. The third kappa shape index (κ3) is 5.44. The van der Waals surface area contributed by atoms with Crippen molar-refractivity contribution < 1.29 is 4.79 Å². The second-order valence-electron chi connectivity index (χ2n) is 5.43. The monoisotopic (exact) mass is 362 g/mol. The molecule has 6 heteroatoms. The van der Waals surface area contributed by atoms with Gasteiger partial charge in [0.15, 0.2) is 5.82 Å². The first-order valence-electron chi connectivity index (χ1n) is 7.15. The number of hydrogen-bond acceptors (Lipinski definition) is 4. The van der Waals surface area contributed by atoms with Crippen molar-refractivity contribution in [2.45, 2.75) is 20.3 Å². The van der Waals surface area contributed by atoms with Crippen LogP contribution in [-0.4, -0.2) is 22.6 Å². The van der Waals surface area contributed by atoms with Crippen molar-refractivity contribution >= 4 is 33.5 Å². The summed E-state index contributed by atoms with van der Waals surface area (Å²) in [6.07, 6.45) is 0.300. The van der Waals surface area contributed by atoms with Gasteiger partial charge < -0.3 is 10.6 Å². The second-order valence-corrected chi connectivity index (χ2v) is 6.35. The van der Waals surface area contributed by atoms with Crippen LogP contribution in [0.15, 0.2) is 40.9 Å². The van der Waals surface area contributed by atoms with E-state index in [4.69, 9.17) is 0 Å². The number of halogens is 1. The van der Waals surface area contributed by atoms with Crippen molar-refractivity contribution in [1.29, 1.82) is 0 Å². The minimum absolute atomic E-state index is 0.115. The number of nitrogens with zero attached hydrogens (tertiary/aromatic N) is 2. The number of aromatic nitrogens is 2. The van der Waals surface area contributed by atoms with Crippen molar-refractivity contribution in [3.8, 4) is 0 Å². The molecule has 0 aliphatic carbocycles. The molecule has 0 fully saturated rings. The van der Waals surface area contributed by atoms with Crippen LogP contribution in [0.5, 0.6) is 0 Å². The molecule has 116 valence electrons. The predicted molar refractivity (Wildman–Crippen MR) is 91.8 cm³/mol. The van der Waals surface area contributed by atoms with E-state index in [0.717, 1.165) is 16.6 Å². The standard InChI is InChI=1S/C16H19BrN4O/c1-11(2)10-18-14-6-7-15(21-20-14)19-16(22)9-12-4-3-5-13(17)8-12/h3-8,11H,9-10H2,1-2H3,(H,18,20)(H,19,21,22). The molecule has 0 atom stereocenters. The van der Waals surface area contributed by atoms with E-state index in [9.17, 15) is 4.79 Å². The van der Waals surface area contributed by atoms with Gasteiger partial charge in [0.2, 0.25) is 5.91 Å². The number of amides is 1. The summed E-state index contributed by atoms with van der Waals surface area (Å²) in [4.78, 5) is 12.0. The maximum absolute atomic E-state index is 12.0. The minimum Gasteiger partial charge on any atom is -0.368 e. The molecule has 1 aromatic heterocycles. The van der Waals surface area contributed by atoms with Gasteiger partial charge in [0, 0.05) is 11.0 Å². The molecule has 0 bridgehead atoms. The highest BCUT2D eigenvalue weighted by Gasteiger charge is 2.06. The van der Waals surface area contributed by atoms with Gasteiger partial charge in [-0.2, -0.15) is 0 Å². The summed E-state index contributed by atoms with van der Waals surface area (Å²) >= 11 is 3.39. The van der Waals surface area contributed by atoms with E-state index in [0.29, 0.717) is 24.0 Å². The van der Waals surface area contributed by atoms with Crippen LogP contribution >= 0.6 is 15.9 Å². The van der Waals surface area contributed by atoms with Gasteiger partial charge in [-0.25, -0.2) is 0 Å². The number of carbonyl (C=O) groups excluding carboxylic acids is 1. The summed E-state index contributed by atoms with van der Waals surface area (Å²) in [5, 5.41) is 14.0. The zero-order valence-corrected chi connectivity index (χ0v) is 14.2. The summed E-state index contributed by atoms with van der Waals surface area (Å²) in [6, 6.07) is 11.2. The lowest BCUT2D eigenvalue weighted by Crippen LogP contribution is -2.16. The molecule has 1 amide bonds. The molecule has 0 unspecified atom stereocenters. The molecule has 2 aromatic rings. The number of hydrogen-bond donors (Lipinski definition) is 2. The SMILES string of the molecule is CC(C)CNc1ccc(NC(=O)Cc2cccc(Br)c2)nn1. The summed E-state index contributed by atoms with van der Waals surface area (Å²) in [7, 11) is 0. The Morgan fingerprint density at radius 1 is 1.18 bits per heavy atom. The predicted octanol–water partition coefficient (Wildman–Crippen LogP) is 3.49. The molecule has 0 aliphatic heterocycles. The summed E-state index contributed by atoms with van der Waals surface area (Å²) in [6.45, 7) is 5.08. The lowest BCUT2D eigenvalue weighted by atomic mass is 10.1. The van der Waals surface area contributed by atoms with Crippen LogP contribution < -0.4 is 10.6 Å². The topological polar surface area (TPSA) is 66.9 Å². The molecular formula is C16H19BrN4O. The van der Waals surface area contributed by atoms with Crippen molar-refractivity contribution in [3.05, 3.63) is 46.4 Å². The first-order valence-corrected chi connectivity index (χ1v) is 7.94. The van der Waals surface area contributed by atoms with E-state index in [1.54, 1.807) is 6.07 Å². The van der Waals surface area contributed by atoms with Gasteiger partial charge in [0.05, 0.1) is 6.42 Å². The Morgan fingerprint density at radius 2 is 1.91 bits per heavy atom. The van der Waals surface area contributed by atoms with E-state index in [1.165, 1.54) is 0 Å². The third-order valence-corrected chi connectivity index (χ3v) is 3.37. The molecule has 5 nitrogen and oxygen atoms in total. The second kappa shape index (κ2) is 7.89. The maximum atomic E-state index is 12.0. The Labute approximate surface area is 138 Å². The summed E-state index contributed by atoms with van der Waals surface area (Å²) < 4.78 is 0.957. The minimum atomic E-state index is -0.115. The van der Waals surface area contributed by atoms with Gasteiger partial charge in [-0.1, -0.05) is 41.9 Å². The average molecular weight is 363 g/mol. The van der Waals surface area contributed by atoms with E-state index in [-0.39, 0.29) is 5.91 Å². The Morgan fingerprint density at radius 3 is 2.55 bits per heavy atom. The highest BCUT2D eigenvalue weighted by Crippen LogP contribution is 2.13. The van der Waals surface area contributed by atoms with Gasteiger partial charge in [-0.3, -0.25) is 4.79 Å². The maximum Gasteiger partial charge on any atom is 0.229 e. The fraction of sp³-hybridized carbons (Fsp3) is 0.312. The molecule has 0 radical (unpaired) electrons. The highest BCUT2D eigenvalue weighted by atomic mass is 79.9. The summed E-state index contributed by atoms with van der Waals surface area (Å²) in [5.74, 6) is 1.58. The van der Waals surface area contributed by atoms with Gasteiger partial charge in [-0.05, 0) is 35.7 Å². The number of carbonyl (C=O) groups is 1. The molecule has 1 aromatic carbocycles. The van der Waals surface area contributed by atoms with Crippen LogP contribution in [0.25, 0.3) is 0 Å². The molecule has 0 spiro atoms. The molecule has 1 heterocycles. The van der Waals surface area contributed by atoms with Crippen LogP contribution in [0.3, 0.4) is 0 Å². The fourth-order valence-corrected chi connectivity index (χ4v) is 2.27. The Kier molecular flexibility index (Phi) is 5.89. The van der Waals surface area contributed by atoms with E-state index in [1.807, 2.05) is 30.3 Å². The van der Waals surface area contributed by atoms with Gasteiger partial charge in [0.1, 0.15) is 5.82 Å². The van der Waals surface area contributed by atoms with Crippen molar-refractivity contribution in [3.63, 3.8) is 0 Å². The van der Waals surface area contributed by atoms with Crippen LogP contribution in [0, 0.1) is 5.92 Å². The smallest absolute Gasteiger partial charge is 0.229 e. The molecule has 0 saturated heterocycles. The van der Waals surface area contributed by atoms with E-state index < -0.39 is 0 Å². The third-order valence-electron chi connectivity index (χ3n) is 2.88. The zero-order chi connectivity index (χ0) is 15.9. The normalized spacial score (nSPS) is 10.5. The van der Waals surface area contributed by atoms with Crippen molar-refractivity contribution in [2.24, 2.45) is 5.92 Å². The molecular weight excluding hydrogens is 344 g/mol. The Bertz CT molecular complexity index is 628. The van der Waals surface area contributed by atoms with Crippen LogP contribution in [0.2, 0.25) is 0 Å².